The minimum atomic E-state index is -0.270. The van der Waals surface area contributed by atoms with Gasteiger partial charge in [-0.25, -0.2) is 4.98 Å². The van der Waals surface area contributed by atoms with Gasteiger partial charge in [0.1, 0.15) is 10.8 Å². The van der Waals surface area contributed by atoms with Crippen molar-refractivity contribution < 1.29 is 9.21 Å². The second kappa shape index (κ2) is 5.62. The van der Waals surface area contributed by atoms with Crippen LogP contribution >= 0.6 is 11.8 Å². The van der Waals surface area contributed by atoms with Gasteiger partial charge >= 0.3 is 0 Å². The van der Waals surface area contributed by atoms with Gasteiger partial charge in [0.2, 0.25) is 11.7 Å². The summed E-state index contributed by atoms with van der Waals surface area (Å²) in [6.45, 7) is 5.37. The molecule has 0 bridgehead atoms. The number of nitrogens with two attached hydrogens (primary N) is 1. The molecule has 0 amide bonds. The monoisotopic (exact) mass is 239 g/mol. The van der Waals surface area contributed by atoms with Gasteiger partial charge < -0.3 is 10.2 Å². The summed E-state index contributed by atoms with van der Waals surface area (Å²) < 4.78 is 5.21. The lowest BCUT2D eigenvalue weighted by atomic mass is 10.2. The zero-order valence-electron chi connectivity index (χ0n) is 9.19. The lowest BCUT2D eigenvalue weighted by Crippen LogP contribution is -2.12. The van der Waals surface area contributed by atoms with Crippen LogP contribution in [0.3, 0.4) is 0 Å². The fourth-order valence-corrected chi connectivity index (χ4v) is 1.60. The molecule has 0 aliphatic carbocycles. The number of oxazole rings is 1. The van der Waals surface area contributed by atoms with E-state index >= 15 is 0 Å². The molecule has 1 aromatic heterocycles. The second-order valence-corrected chi connectivity index (χ2v) is 3.81. The van der Waals surface area contributed by atoms with E-state index in [1.807, 2.05) is 0 Å². The van der Waals surface area contributed by atoms with Crippen molar-refractivity contribution in [3.8, 4) is 0 Å². The number of hydrogen-bond donors (Lipinski definition) is 1. The molecule has 0 spiro atoms. The number of carbonyl (C=O) groups is 1. The van der Waals surface area contributed by atoms with Crippen LogP contribution in [0.4, 0.5) is 0 Å². The third-order valence-corrected chi connectivity index (χ3v) is 2.58. The second-order valence-electron chi connectivity index (χ2n) is 2.86. The van der Waals surface area contributed by atoms with Gasteiger partial charge in [-0.15, -0.1) is 0 Å². The first kappa shape index (κ1) is 12.7. The number of ketones is 1. The van der Waals surface area contributed by atoms with Gasteiger partial charge in [0.15, 0.2) is 5.69 Å². The van der Waals surface area contributed by atoms with Crippen molar-refractivity contribution in [2.24, 2.45) is 10.7 Å². The SMILES string of the molecule is C=CS/C(=N\C)C(=O)c1nc(CN)oc1C. The molecule has 16 heavy (non-hydrogen) atoms. The smallest absolute Gasteiger partial charge is 0.239 e. The molecule has 5 nitrogen and oxygen atoms in total. The number of aromatic nitrogens is 1. The van der Waals surface area contributed by atoms with E-state index in [-0.39, 0.29) is 18.0 Å². The Hall–Kier alpha value is -1.40. The number of aryl methyl sites for hydroxylation is 1. The average molecular weight is 239 g/mol. The molecular formula is C10H13N3O2S. The number of rotatable bonds is 4. The van der Waals surface area contributed by atoms with E-state index in [2.05, 4.69) is 16.6 Å². The van der Waals surface area contributed by atoms with Crippen LogP contribution in [0, 0.1) is 6.92 Å². The Bertz CT molecular complexity index is 437. The summed E-state index contributed by atoms with van der Waals surface area (Å²) in [6.07, 6.45) is 0. The normalized spacial score (nSPS) is 11.6. The number of nitrogens with zero attached hydrogens (tertiary/aromatic N) is 2. The van der Waals surface area contributed by atoms with Gasteiger partial charge in [-0.3, -0.25) is 9.79 Å². The lowest BCUT2D eigenvalue weighted by Gasteiger charge is -1.97. The largest absolute Gasteiger partial charge is 0.444 e. The molecule has 1 aromatic rings. The Morgan fingerprint density at radius 3 is 2.88 bits per heavy atom. The van der Waals surface area contributed by atoms with Crippen LogP contribution in [0.25, 0.3) is 0 Å². The van der Waals surface area contributed by atoms with Gasteiger partial charge in [0, 0.05) is 7.05 Å². The molecule has 86 valence electrons. The van der Waals surface area contributed by atoms with Crippen molar-refractivity contribution in [1.29, 1.82) is 0 Å². The maximum absolute atomic E-state index is 12.0. The van der Waals surface area contributed by atoms with E-state index < -0.39 is 0 Å². The van der Waals surface area contributed by atoms with Gasteiger partial charge in [0.25, 0.3) is 0 Å². The van der Waals surface area contributed by atoms with Crippen LogP contribution in [0.5, 0.6) is 0 Å². The molecule has 0 aliphatic rings. The maximum Gasteiger partial charge on any atom is 0.239 e. The highest BCUT2D eigenvalue weighted by molar-refractivity contribution is 8.18. The molecule has 1 rings (SSSR count). The van der Waals surface area contributed by atoms with Crippen molar-refractivity contribution in [2.75, 3.05) is 7.05 Å². The first-order chi connectivity index (χ1) is 7.63. The number of hydrogen-bond acceptors (Lipinski definition) is 6. The van der Waals surface area contributed by atoms with E-state index in [0.29, 0.717) is 16.7 Å². The Labute approximate surface area is 97.8 Å². The standard InChI is InChI=1S/C10H13N3O2S/c1-4-16-10(12-3)9(14)8-6(2)15-7(5-11)13-8/h4H,1,5,11H2,2-3H3/b12-10-. The zero-order chi connectivity index (χ0) is 12.1. The topological polar surface area (TPSA) is 81.5 Å². The summed E-state index contributed by atoms with van der Waals surface area (Å²) in [5.41, 5.74) is 5.64. The Morgan fingerprint density at radius 2 is 2.44 bits per heavy atom. The molecule has 0 radical (unpaired) electrons. The van der Waals surface area contributed by atoms with Gasteiger partial charge in [-0.2, -0.15) is 0 Å². The van der Waals surface area contributed by atoms with Gasteiger partial charge in [0.05, 0.1) is 6.54 Å². The van der Waals surface area contributed by atoms with Crippen LogP contribution in [-0.2, 0) is 6.54 Å². The maximum atomic E-state index is 12.0. The van der Waals surface area contributed by atoms with E-state index in [4.69, 9.17) is 10.2 Å². The summed E-state index contributed by atoms with van der Waals surface area (Å²) in [7, 11) is 1.54. The third kappa shape index (κ3) is 2.59. The molecule has 0 atom stereocenters. The highest BCUT2D eigenvalue weighted by atomic mass is 32.2. The number of Topliss-reactive ketones (excluding diaryl/α,β-unsaturated/α-hetero) is 1. The van der Waals surface area contributed by atoms with Crippen LogP contribution in [0.2, 0.25) is 0 Å². The van der Waals surface area contributed by atoms with Crippen LogP contribution in [0.1, 0.15) is 22.1 Å². The molecule has 0 unspecified atom stereocenters. The summed E-state index contributed by atoms with van der Waals surface area (Å²) in [5, 5.41) is 1.87. The van der Waals surface area contributed by atoms with Crippen molar-refractivity contribution >= 4 is 22.6 Å². The molecular weight excluding hydrogens is 226 g/mol. The minimum Gasteiger partial charge on any atom is -0.444 e. The average Bonchev–Trinajstić information content (AvgIpc) is 2.66. The van der Waals surface area contributed by atoms with Crippen molar-refractivity contribution in [1.82, 2.24) is 4.98 Å². The highest BCUT2D eigenvalue weighted by Crippen LogP contribution is 2.15. The van der Waals surface area contributed by atoms with Gasteiger partial charge in [-0.1, -0.05) is 18.3 Å². The number of carbonyl (C=O) groups excluding carboxylic acids is 1. The summed E-state index contributed by atoms with van der Waals surface area (Å²) in [5.74, 6) is 0.532. The van der Waals surface area contributed by atoms with Gasteiger partial charge in [-0.05, 0) is 12.3 Å². The van der Waals surface area contributed by atoms with Crippen molar-refractivity contribution in [2.45, 2.75) is 13.5 Å². The molecule has 0 fully saturated rings. The van der Waals surface area contributed by atoms with Crippen LogP contribution < -0.4 is 5.73 Å². The fourth-order valence-electron chi connectivity index (χ4n) is 1.14. The van der Waals surface area contributed by atoms with Crippen molar-refractivity contribution in [3.63, 3.8) is 0 Å². The first-order valence-corrected chi connectivity index (χ1v) is 5.47. The Balaban J connectivity index is 3.03. The Morgan fingerprint density at radius 1 is 1.75 bits per heavy atom. The van der Waals surface area contributed by atoms with E-state index in [0.717, 1.165) is 11.8 Å². The van der Waals surface area contributed by atoms with Crippen LogP contribution in [-0.4, -0.2) is 22.9 Å². The lowest BCUT2D eigenvalue weighted by molar-refractivity contribution is 0.106. The van der Waals surface area contributed by atoms with Crippen molar-refractivity contribution in [3.05, 3.63) is 29.3 Å². The highest BCUT2D eigenvalue weighted by Gasteiger charge is 2.20. The fraction of sp³-hybridized carbons (Fsp3) is 0.300. The number of thioether (sulfide) groups is 1. The molecule has 0 aromatic carbocycles. The van der Waals surface area contributed by atoms with E-state index in [1.54, 1.807) is 19.4 Å². The quantitative estimate of drug-likeness (QED) is 0.489. The first-order valence-electron chi connectivity index (χ1n) is 4.59. The predicted octanol–water partition coefficient (Wildman–Crippen LogP) is 1.53. The molecule has 6 heteroatoms. The summed E-state index contributed by atoms with van der Waals surface area (Å²) in [6, 6.07) is 0. The summed E-state index contributed by atoms with van der Waals surface area (Å²) in [4.78, 5) is 19.8. The number of aliphatic imine (C=N–C) groups is 1. The molecule has 2 N–H and O–H groups in total. The molecule has 0 saturated carbocycles. The summed E-state index contributed by atoms with van der Waals surface area (Å²) >= 11 is 1.16. The minimum absolute atomic E-state index is 0.168. The zero-order valence-corrected chi connectivity index (χ0v) is 10.0. The van der Waals surface area contributed by atoms with E-state index in [9.17, 15) is 4.79 Å². The molecule has 1 heterocycles. The molecule has 0 saturated heterocycles. The third-order valence-electron chi connectivity index (χ3n) is 1.82. The molecule has 0 aliphatic heterocycles. The Kier molecular flexibility index (Phi) is 4.45. The van der Waals surface area contributed by atoms with E-state index in [1.165, 1.54) is 0 Å². The van der Waals surface area contributed by atoms with Crippen LogP contribution in [0.15, 0.2) is 21.4 Å². The predicted molar refractivity (Wildman–Crippen MR) is 64.6 cm³/mol.